The lowest BCUT2D eigenvalue weighted by Crippen LogP contribution is -2.28. The first kappa shape index (κ1) is 21.4. The zero-order valence-electron chi connectivity index (χ0n) is 18.1. The fourth-order valence-corrected chi connectivity index (χ4v) is 3.21. The molecule has 0 atom stereocenters. The summed E-state index contributed by atoms with van der Waals surface area (Å²) in [7, 11) is 0. The quantitative estimate of drug-likeness (QED) is 0.455. The summed E-state index contributed by atoms with van der Waals surface area (Å²) < 4.78 is 1.75. The lowest BCUT2D eigenvalue weighted by Gasteiger charge is -2.10. The van der Waals surface area contributed by atoms with Crippen LogP contribution in [0.2, 0.25) is 0 Å². The molecule has 0 aliphatic heterocycles. The monoisotopic (exact) mass is 433 g/mol. The van der Waals surface area contributed by atoms with Gasteiger partial charge in [0.2, 0.25) is 0 Å². The van der Waals surface area contributed by atoms with Crippen LogP contribution in [0.5, 0.6) is 0 Å². The van der Waals surface area contributed by atoms with Gasteiger partial charge in [-0.3, -0.25) is 9.48 Å². The third kappa shape index (κ3) is 5.23. The highest BCUT2D eigenvalue weighted by Crippen LogP contribution is 2.25. The van der Waals surface area contributed by atoms with Crippen molar-refractivity contribution < 1.29 is 9.59 Å². The van der Waals surface area contributed by atoms with Gasteiger partial charge in [0, 0.05) is 36.1 Å². The zero-order valence-corrected chi connectivity index (χ0v) is 18.1. The van der Waals surface area contributed by atoms with Gasteiger partial charge in [0.25, 0.3) is 5.91 Å². The number of carbonyl (C=O) groups is 2. The highest BCUT2D eigenvalue weighted by Gasteiger charge is 2.26. The fourth-order valence-electron chi connectivity index (χ4n) is 3.21. The Morgan fingerprint density at radius 2 is 1.91 bits per heavy atom. The van der Waals surface area contributed by atoms with Crippen LogP contribution in [0, 0.1) is 0 Å². The summed E-state index contributed by atoms with van der Waals surface area (Å²) in [6, 6.07) is 12.7. The van der Waals surface area contributed by atoms with Gasteiger partial charge in [-0.05, 0) is 56.5 Å². The topological polar surface area (TPSA) is 127 Å². The van der Waals surface area contributed by atoms with E-state index in [9.17, 15) is 9.59 Å². The number of carbonyl (C=O) groups excluding carboxylic acids is 2. The molecule has 0 unspecified atom stereocenters. The van der Waals surface area contributed by atoms with E-state index >= 15 is 0 Å². The molecule has 1 aliphatic rings. The van der Waals surface area contributed by atoms with E-state index in [0.29, 0.717) is 29.4 Å². The molecule has 0 spiro atoms. The summed E-state index contributed by atoms with van der Waals surface area (Å²) in [4.78, 5) is 28.8. The van der Waals surface area contributed by atoms with Gasteiger partial charge in [0.1, 0.15) is 11.5 Å². The van der Waals surface area contributed by atoms with Gasteiger partial charge < -0.3 is 21.7 Å². The number of nitrogens with one attached hydrogen (secondary N) is 3. The lowest BCUT2D eigenvalue weighted by molar-refractivity contribution is 0.0938. The zero-order chi connectivity index (χ0) is 22.7. The number of benzene rings is 1. The molecule has 0 bridgehead atoms. The van der Waals surface area contributed by atoms with Crippen LogP contribution >= 0.6 is 0 Å². The molecule has 9 nitrogen and oxygen atoms in total. The van der Waals surface area contributed by atoms with Crippen LogP contribution in [0.25, 0.3) is 11.3 Å². The maximum absolute atomic E-state index is 12.6. The molecule has 3 amide bonds. The second-order valence-electron chi connectivity index (χ2n) is 8.18. The van der Waals surface area contributed by atoms with Crippen molar-refractivity contribution in [3.05, 3.63) is 59.9 Å². The Labute approximate surface area is 186 Å². The number of nitrogens with zero attached hydrogens (tertiary/aromatic N) is 3. The van der Waals surface area contributed by atoms with Crippen molar-refractivity contribution in [1.82, 2.24) is 25.4 Å². The molecule has 2 heterocycles. The van der Waals surface area contributed by atoms with E-state index < -0.39 is 0 Å². The molecule has 9 heteroatoms. The number of aromatic nitrogens is 3. The van der Waals surface area contributed by atoms with E-state index in [1.54, 1.807) is 29.1 Å². The Hall–Kier alpha value is -3.88. The number of amides is 3. The van der Waals surface area contributed by atoms with Crippen molar-refractivity contribution in [2.75, 3.05) is 11.1 Å². The van der Waals surface area contributed by atoms with Crippen LogP contribution in [0.15, 0.2) is 48.7 Å². The molecule has 1 fully saturated rings. The molecular formula is C23H27N7O2. The van der Waals surface area contributed by atoms with Crippen molar-refractivity contribution in [3.63, 3.8) is 0 Å². The SMILES string of the molecule is CC(C)n1nc(-c2ccc(NC(=O)NCc3ccc(N)nc3)cc2)cc1C(=O)NC1CC1. The number of anilines is 2. The third-order valence-corrected chi connectivity index (χ3v) is 5.11. The van der Waals surface area contributed by atoms with Crippen molar-refractivity contribution in [1.29, 1.82) is 0 Å². The summed E-state index contributed by atoms with van der Waals surface area (Å²) in [5, 5.41) is 13.2. The predicted molar refractivity (Wildman–Crippen MR) is 123 cm³/mol. The highest BCUT2D eigenvalue weighted by atomic mass is 16.2. The van der Waals surface area contributed by atoms with E-state index in [4.69, 9.17) is 5.73 Å². The number of nitrogen functional groups attached to an aromatic ring is 1. The lowest BCUT2D eigenvalue weighted by atomic mass is 10.1. The Morgan fingerprint density at radius 3 is 2.53 bits per heavy atom. The van der Waals surface area contributed by atoms with Gasteiger partial charge in [-0.2, -0.15) is 5.10 Å². The summed E-state index contributed by atoms with van der Waals surface area (Å²) in [6.45, 7) is 4.34. The number of rotatable bonds is 7. The van der Waals surface area contributed by atoms with Gasteiger partial charge >= 0.3 is 6.03 Å². The molecule has 2 aromatic heterocycles. The molecule has 32 heavy (non-hydrogen) atoms. The van der Waals surface area contributed by atoms with Crippen LogP contribution in [0.3, 0.4) is 0 Å². The van der Waals surface area contributed by atoms with Gasteiger partial charge in [-0.15, -0.1) is 0 Å². The molecule has 1 aliphatic carbocycles. The first-order valence-electron chi connectivity index (χ1n) is 10.6. The van der Waals surface area contributed by atoms with E-state index in [1.807, 2.05) is 38.1 Å². The first-order chi connectivity index (χ1) is 15.4. The molecule has 1 saturated carbocycles. The van der Waals surface area contributed by atoms with Crippen LogP contribution < -0.4 is 21.7 Å². The number of urea groups is 1. The van der Waals surface area contributed by atoms with Gasteiger partial charge in [-0.1, -0.05) is 18.2 Å². The molecule has 166 valence electrons. The minimum atomic E-state index is -0.322. The van der Waals surface area contributed by atoms with Gasteiger partial charge in [-0.25, -0.2) is 9.78 Å². The number of nitrogens with two attached hydrogens (primary N) is 1. The van der Waals surface area contributed by atoms with E-state index in [0.717, 1.165) is 24.0 Å². The van der Waals surface area contributed by atoms with Crippen molar-refractivity contribution in [2.24, 2.45) is 0 Å². The second kappa shape index (κ2) is 9.09. The average Bonchev–Trinajstić information content (AvgIpc) is 3.47. The summed E-state index contributed by atoms with van der Waals surface area (Å²) in [5.74, 6) is 0.346. The first-order valence-corrected chi connectivity index (χ1v) is 10.6. The molecule has 1 aromatic carbocycles. The molecular weight excluding hydrogens is 406 g/mol. The molecule has 3 aromatic rings. The minimum Gasteiger partial charge on any atom is -0.384 e. The van der Waals surface area contributed by atoms with Crippen LogP contribution in [0.1, 0.15) is 48.8 Å². The maximum Gasteiger partial charge on any atom is 0.319 e. The highest BCUT2D eigenvalue weighted by molar-refractivity contribution is 5.94. The normalized spacial score (nSPS) is 13.1. The fraction of sp³-hybridized carbons (Fsp3) is 0.304. The van der Waals surface area contributed by atoms with Gasteiger partial charge in [0.15, 0.2) is 0 Å². The average molecular weight is 434 g/mol. The predicted octanol–water partition coefficient (Wildman–Crippen LogP) is 3.32. The summed E-state index contributed by atoms with van der Waals surface area (Å²) >= 11 is 0. The Morgan fingerprint density at radius 1 is 1.16 bits per heavy atom. The Kier molecular flexibility index (Phi) is 6.07. The van der Waals surface area contributed by atoms with Crippen LogP contribution in [-0.4, -0.2) is 32.7 Å². The third-order valence-electron chi connectivity index (χ3n) is 5.11. The van der Waals surface area contributed by atoms with Crippen LogP contribution in [-0.2, 0) is 6.54 Å². The van der Waals surface area contributed by atoms with E-state index in [2.05, 4.69) is 26.0 Å². The minimum absolute atomic E-state index is 0.0598. The second-order valence-corrected chi connectivity index (χ2v) is 8.18. The molecule has 5 N–H and O–H groups in total. The van der Waals surface area contributed by atoms with Crippen LogP contribution in [0.4, 0.5) is 16.3 Å². The number of hydrogen-bond acceptors (Lipinski definition) is 5. The Balaban J connectivity index is 1.40. The molecule has 0 saturated heterocycles. The summed E-state index contributed by atoms with van der Waals surface area (Å²) in [5.41, 5.74) is 9.20. The molecule has 4 rings (SSSR count). The largest absolute Gasteiger partial charge is 0.384 e. The number of pyridine rings is 1. The van der Waals surface area contributed by atoms with Crippen molar-refractivity contribution in [2.45, 2.75) is 45.3 Å². The van der Waals surface area contributed by atoms with Crippen molar-refractivity contribution >= 4 is 23.4 Å². The van der Waals surface area contributed by atoms with E-state index in [-0.39, 0.29) is 24.0 Å². The standard InChI is InChI=1S/C23H27N7O2/c1-14(2)30-20(22(31)27-17-8-9-17)11-19(29-30)16-4-6-18(7-5-16)28-23(32)26-13-15-3-10-21(24)25-12-15/h3-7,10-12,14,17H,8-9,13H2,1-2H3,(H2,24,25)(H,27,31)(H2,26,28,32). The number of hydrogen-bond donors (Lipinski definition) is 4. The Bertz CT molecular complexity index is 1100. The van der Waals surface area contributed by atoms with Crippen molar-refractivity contribution in [3.8, 4) is 11.3 Å². The van der Waals surface area contributed by atoms with Gasteiger partial charge in [0.05, 0.1) is 5.69 Å². The molecule has 0 radical (unpaired) electrons. The van der Waals surface area contributed by atoms with E-state index in [1.165, 1.54) is 0 Å². The smallest absolute Gasteiger partial charge is 0.319 e. The summed E-state index contributed by atoms with van der Waals surface area (Å²) in [6.07, 6.45) is 3.69. The maximum atomic E-state index is 12.6.